The van der Waals surface area contributed by atoms with Gasteiger partial charge in [-0.1, -0.05) is 42.4 Å². The summed E-state index contributed by atoms with van der Waals surface area (Å²) >= 11 is 7.66. The summed E-state index contributed by atoms with van der Waals surface area (Å²) in [5.41, 5.74) is 2.40. The fourth-order valence-electron chi connectivity index (χ4n) is 3.50. The Labute approximate surface area is 189 Å². The third-order valence-corrected chi connectivity index (χ3v) is 5.66. The average Bonchev–Trinajstić information content (AvgIpc) is 2.93. The Balaban J connectivity index is 2.01. The number of hydrogen-bond acceptors (Lipinski definition) is 7. The number of anilines is 1. The van der Waals surface area contributed by atoms with Gasteiger partial charge in [0.1, 0.15) is 5.75 Å². The van der Waals surface area contributed by atoms with E-state index in [0.29, 0.717) is 51.3 Å². The summed E-state index contributed by atoms with van der Waals surface area (Å²) in [6.45, 7) is 1.96. The number of carbonyl (C=O) groups is 1. The number of thioether (sulfide) groups is 1. The van der Waals surface area contributed by atoms with Crippen molar-refractivity contribution in [2.75, 3.05) is 18.3 Å². The minimum Gasteiger partial charge on any atom is -0.496 e. The van der Waals surface area contributed by atoms with Crippen LogP contribution in [0.2, 0.25) is 5.02 Å². The van der Waals surface area contributed by atoms with Crippen LogP contribution in [0.15, 0.2) is 47.6 Å². The number of ether oxygens (including phenoxy) is 2. The molecule has 7 nitrogen and oxygen atoms in total. The first-order chi connectivity index (χ1) is 15.1. The van der Waals surface area contributed by atoms with E-state index < -0.39 is 6.23 Å². The average molecular weight is 457 g/mol. The van der Waals surface area contributed by atoms with Gasteiger partial charge in [0.05, 0.1) is 18.4 Å². The number of nitrogens with zero attached hydrogens (tertiary/aromatic N) is 4. The highest BCUT2D eigenvalue weighted by atomic mass is 35.5. The molecule has 2 heterocycles. The molecule has 1 aliphatic rings. The van der Waals surface area contributed by atoms with Crippen molar-refractivity contribution in [3.05, 3.63) is 53.1 Å². The maximum absolute atomic E-state index is 13.4. The van der Waals surface area contributed by atoms with Crippen molar-refractivity contribution in [1.29, 1.82) is 0 Å². The van der Waals surface area contributed by atoms with Crippen LogP contribution in [-0.2, 0) is 4.79 Å². The lowest BCUT2D eigenvalue weighted by atomic mass is 10.1. The van der Waals surface area contributed by atoms with Crippen LogP contribution in [-0.4, -0.2) is 34.5 Å². The summed E-state index contributed by atoms with van der Waals surface area (Å²) in [7, 11) is 1.59. The summed E-state index contributed by atoms with van der Waals surface area (Å²) in [6, 6.07) is 12.8. The largest absolute Gasteiger partial charge is 0.496 e. The van der Waals surface area contributed by atoms with Crippen molar-refractivity contribution in [2.24, 2.45) is 0 Å². The quantitative estimate of drug-likeness (QED) is 0.491. The standard InChI is InChI=1S/C22H21ClN4O3S/c1-4-7-18(28)27-16-11-10-13(23)12-15(16)19-20(24-22(31-3)26-25-19)30-21(27)14-8-5-6-9-17(14)29-2/h5-6,8-12,21H,4,7H2,1-3H3/t21-/m1/s1. The van der Waals surface area contributed by atoms with E-state index in [1.807, 2.05) is 37.4 Å². The number of fused-ring (bicyclic) bond motifs is 3. The highest BCUT2D eigenvalue weighted by Crippen LogP contribution is 2.45. The van der Waals surface area contributed by atoms with Crippen LogP contribution in [0.4, 0.5) is 5.69 Å². The van der Waals surface area contributed by atoms with Crippen LogP contribution < -0.4 is 14.4 Å². The molecule has 0 fully saturated rings. The molecule has 160 valence electrons. The van der Waals surface area contributed by atoms with Crippen molar-refractivity contribution in [2.45, 2.75) is 31.1 Å². The topological polar surface area (TPSA) is 77.4 Å². The van der Waals surface area contributed by atoms with E-state index in [-0.39, 0.29) is 11.8 Å². The molecule has 2 aromatic carbocycles. The number of hydrogen-bond donors (Lipinski definition) is 0. The van der Waals surface area contributed by atoms with E-state index in [4.69, 9.17) is 21.1 Å². The van der Waals surface area contributed by atoms with E-state index in [0.717, 1.165) is 0 Å². The minimum atomic E-state index is -0.803. The Morgan fingerprint density at radius 2 is 2.06 bits per heavy atom. The van der Waals surface area contributed by atoms with Gasteiger partial charge >= 0.3 is 0 Å². The Hall–Kier alpha value is -2.84. The zero-order valence-corrected chi connectivity index (χ0v) is 18.9. The number of benzene rings is 2. The second kappa shape index (κ2) is 9.11. The first kappa shape index (κ1) is 21.4. The van der Waals surface area contributed by atoms with Gasteiger partial charge in [-0.15, -0.1) is 10.2 Å². The molecule has 0 N–H and O–H groups in total. The lowest BCUT2D eigenvalue weighted by Gasteiger charge is -2.31. The normalized spacial score (nSPS) is 14.8. The van der Waals surface area contributed by atoms with Crippen LogP contribution >= 0.6 is 23.4 Å². The molecule has 0 aliphatic carbocycles. The van der Waals surface area contributed by atoms with Crippen molar-refractivity contribution >= 4 is 35.0 Å². The van der Waals surface area contributed by atoms with Gasteiger partial charge in [0.15, 0.2) is 5.69 Å². The highest BCUT2D eigenvalue weighted by Gasteiger charge is 2.37. The zero-order chi connectivity index (χ0) is 22.0. The molecule has 0 saturated heterocycles. The fraction of sp³-hybridized carbons (Fsp3) is 0.273. The predicted octanol–water partition coefficient (Wildman–Crippen LogP) is 5.15. The molecule has 0 spiro atoms. The predicted molar refractivity (Wildman–Crippen MR) is 121 cm³/mol. The van der Waals surface area contributed by atoms with Gasteiger partial charge in [0.2, 0.25) is 23.2 Å². The highest BCUT2D eigenvalue weighted by molar-refractivity contribution is 7.98. The van der Waals surface area contributed by atoms with Crippen LogP contribution in [0, 0.1) is 0 Å². The van der Waals surface area contributed by atoms with E-state index in [2.05, 4.69) is 15.2 Å². The summed E-state index contributed by atoms with van der Waals surface area (Å²) < 4.78 is 12.0. The van der Waals surface area contributed by atoms with E-state index >= 15 is 0 Å². The van der Waals surface area contributed by atoms with Gasteiger partial charge in [0, 0.05) is 17.0 Å². The van der Waals surface area contributed by atoms with Crippen LogP contribution in [0.3, 0.4) is 0 Å². The van der Waals surface area contributed by atoms with Crippen molar-refractivity contribution in [3.8, 4) is 22.9 Å². The first-order valence-electron chi connectivity index (χ1n) is 9.77. The summed E-state index contributed by atoms with van der Waals surface area (Å²) in [5, 5.41) is 9.51. The molecule has 0 radical (unpaired) electrons. The molecule has 0 unspecified atom stereocenters. The second-order valence-electron chi connectivity index (χ2n) is 6.84. The molecule has 3 aromatic rings. The number of rotatable bonds is 5. The number of carbonyl (C=O) groups excluding carboxylic acids is 1. The maximum atomic E-state index is 13.4. The number of methoxy groups -OCH3 is 1. The van der Waals surface area contributed by atoms with Gasteiger partial charge in [0.25, 0.3) is 0 Å². The lowest BCUT2D eigenvalue weighted by molar-refractivity contribution is -0.120. The minimum absolute atomic E-state index is 0.0900. The molecule has 0 bridgehead atoms. The molecule has 1 aliphatic heterocycles. The van der Waals surface area contributed by atoms with Crippen molar-refractivity contribution in [1.82, 2.24) is 15.2 Å². The number of aromatic nitrogens is 3. The molecule has 0 saturated carbocycles. The summed E-state index contributed by atoms with van der Waals surface area (Å²) in [6.07, 6.45) is 2.10. The van der Waals surface area contributed by atoms with Crippen LogP contribution in [0.1, 0.15) is 31.6 Å². The molecule has 1 aromatic heterocycles. The molecule has 1 atom stereocenters. The molecule has 31 heavy (non-hydrogen) atoms. The number of amides is 1. The van der Waals surface area contributed by atoms with E-state index in [1.54, 1.807) is 30.2 Å². The van der Waals surface area contributed by atoms with Crippen molar-refractivity contribution < 1.29 is 14.3 Å². The van der Waals surface area contributed by atoms with Gasteiger partial charge in [-0.3, -0.25) is 9.69 Å². The van der Waals surface area contributed by atoms with Gasteiger partial charge in [-0.25, -0.2) is 0 Å². The maximum Gasteiger partial charge on any atom is 0.247 e. The molecule has 4 rings (SSSR count). The molecular weight excluding hydrogens is 436 g/mol. The Morgan fingerprint density at radius 1 is 1.26 bits per heavy atom. The summed E-state index contributed by atoms with van der Waals surface area (Å²) in [4.78, 5) is 19.5. The number of para-hydroxylation sites is 1. The first-order valence-corrected chi connectivity index (χ1v) is 11.4. The Bertz CT molecular complexity index is 1130. The Morgan fingerprint density at radius 3 is 2.81 bits per heavy atom. The third-order valence-electron chi connectivity index (χ3n) is 4.89. The zero-order valence-electron chi connectivity index (χ0n) is 17.3. The van der Waals surface area contributed by atoms with Crippen molar-refractivity contribution in [3.63, 3.8) is 0 Å². The number of halogens is 1. The third kappa shape index (κ3) is 4.05. The smallest absolute Gasteiger partial charge is 0.247 e. The lowest BCUT2D eigenvalue weighted by Crippen LogP contribution is -2.37. The second-order valence-corrected chi connectivity index (χ2v) is 8.05. The van der Waals surface area contributed by atoms with Crippen LogP contribution in [0.5, 0.6) is 11.6 Å². The van der Waals surface area contributed by atoms with Gasteiger partial charge in [-0.05, 0) is 43.0 Å². The monoisotopic (exact) mass is 456 g/mol. The molecular formula is C22H21ClN4O3S. The van der Waals surface area contributed by atoms with E-state index in [1.165, 1.54) is 11.8 Å². The fourth-order valence-corrected chi connectivity index (χ4v) is 3.97. The Kier molecular flexibility index (Phi) is 6.29. The summed E-state index contributed by atoms with van der Waals surface area (Å²) in [5.74, 6) is 0.797. The van der Waals surface area contributed by atoms with Gasteiger partial charge < -0.3 is 9.47 Å². The van der Waals surface area contributed by atoms with E-state index in [9.17, 15) is 4.79 Å². The van der Waals surface area contributed by atoms with Gasteiger partial charge in [-0.2, -0.15) is 4.98 Å². The van der Waals surface area contributed by atoms with Crippen LogP contribution in [0.25, 0.3) is 11.3 Å². The molecule has 9 heteroatoms. The molecule has 1 amide bonds. The SMILES string of the molecule is CCCC(=O)N1c2ccc(Cl)cc2-c2nnc(SC)nc2O[C@@H]1c1ccccc1OC.